The minimum absolute atomic E-state index is 0.339. The van der Waals surface area contributed by atoms with E-state index in [0.717, 1.165) is 22.4 Å². The van der Waals surface area contributed by atoms with Crippen LogP contribution in [0.1, 0.15) is 12.5 Å². The summed E-state index contributed by atoms with van der Waals surface area (Å²) in [5.41, 5.74) is 11.5. The Kier molecular flexibility index (Phi) is 4.80. The Morgan fingerprint density at radius 3 is 2.45 bits per heavy atom. The van der Waals surface area contributed by atoms with Crippen molar-refractivity contribution in [1.29, 1.82) is 0 Å². The first-order valence-corrected chi connectivity index (χ1v) is 10.2. The summed E-state index contributed by atoms with van der Waals surface area (Å²) >= 11 is 0. The summed E-state index contributed by atoms with van der Waals surface area (Å²) in [5, 5.41) is 10.7. The van der Waals surface area contributed by atoms with Crippen LogP contribution in [0.15, 0.2) is 66.9 Å². The van der Waals surface area contributed by atoms with Crippen LogP contribution in [0.25, 0.3) is 33.8 Å². The van der Waals surface area contributed by atoms with E-state index in [1.807, 2.05) is 71.4 Å². The summed E-state index contributed by atoms with van der Waals surface area (Å²) in [6.45, 7) is 3.33. The number of nitrogen functional groups attached to an aromatic ring is 1. The molecule has 31 heavy (non-hydrogen) atoms. The van der Waals surface area contributed by atoms with E-state index in [1.165, 1.54) is 0 Å². The number of nitrogens with two attached hydrogens (primary N) is 1. The van der Waals surface area contributed by atoms with Gasteiger partial charge in [0.25, 0.3) is 0 Å². The van der Waals surface area contributed by atoms with E-state index in [9.17, 15) is 0 Å². The van der Waals surface area contributed by atoms with Crippen molar-refractivity contribution >= 4 is 22.9 Å². The van der Waals surface area contributed by atoms with Gasteiger partial charge in [0.05, 0.1) is 0 Å². The molecule has 0 saturated heterocycles. The number of hydrogen-bond acceptors (Lipinski definition) is 6. The summed E-state index contributed by atoms with van der Waals surface area (Å²) in [6, 6.07) is 20.2. The van der Waals surface area contributed by atoms with Crippen molar-refractivity contribution in [3.05, 3.63) is 72.4 Å². The highest BCUT2D eigenvalue weighted by Gasteiger charge is 2.21. The van der Waals surface area contributed by atoms with Crippen molar-refractivity contribution < 1.29 is 0 Å². The maximum absolute atomic E-state index is 6.27. The third-order valence-corrected chi connectivity index (χ3v) is 5.17. The van der Waals surface area contributed by atoms with Crippen molar-refractivity contribution in [1.82, 2.24) is 29.7 Å². The topological polar surface area (TPSA) is 110 Å². The largest absolute Gasteiger partial charge is 0.382 e. The lowest BCUT2D eigenvalue weighted by molar-refractivity contribution is 0.783. The maximum atomic E-state index is 6.27. The number of aryl methyl sites for hydroxylation is 1. The number of aromatic amines is 1. The van der Waals surface area contributed by atoms with Crippen molar-refractivity contribution in [2.75, 3.05) is 11.1 Å². The lowest BCUT2D eigenvalue weighted by atomic mass is 10.1. The highest BCUT2D eigenvalue weighted by Crippen LogP contribution is 2.32. The molecule has 0 amide bonds. The Bertz CT molecular complexity index is 1320. The second kappa shape index (κ2) is 7.91. The van der Waals surface area contributed by atoms with Gasteiger partial charge in [0.15, 0.2) is 22.8 Å². The Morgan fingerprint density at radius 2 is 1.71 bits per heavy atom. The first-order valence-electron chi connectivity index (χ1n) is 10.2. The van der Waals surface area contributed by atoms with Gasteiger partial charge in [-0.3, -0.25) is 5.10 Å². The number of benzene rings is 2. The standard InChI is InChI=1S/C23H22N8/c1-2-31-21(18-17(14-26-30-18)16-11-7-4-8-12-16)27-19-20(24)28-23(29-22(19)31)25-13-15-9-5-3-6-10-15/h3-12,14H,2,13H2,1H3,(H,26,30)(H3,24,25,28,29). The van der Waals surface area contributed by atoms with Gasteiger partial charge in [-0.1, -0.05) is 60.7 Å². The predicted octanol–water partition coefficient (Wildman–Crippen LogP) is 4.10. The molecular weight excluding hydrogens is 388 g/mol. The molecule has 5 aromatic rings. The first kappa shape index (κ1) is 18.8. The van der Waals surface area contributed by atoms with Crippen LogP contribution in [0.3, 0.4) is 0 Å². The fraction of sp³-hybridized carbons (Fsp3) is 0.130. The van der Waals surface area contributed by atoms with Crippen molar-refractivity contribution in [2.45, 2.75) is 20.0 Å². The van der Waals surface area contributed by atoms with Gasteiger partial charge in [0.1, 0.15) is 5.69 Å². The molecule has 0 aliphatic rings. The fourth-order valence-corrected chi connectivity index (χ4v) is 3.66. The van der Waals surface area contributed by atoms with E-state index >= 15 is 0 Å². The zero-order valence-corrected chi connectivity index (χ0v) is 17.1. The average Bonchev–Trinajstić information content (AvgIpc) is 3.43. The lowest BCUT2D eigenvalue weighted by Gasteiger charge is -2.08. The molecule has 0 aliphatic heterocycles. The molecule has 0 fully saturated rings. The van der Waals surface area contributed by atoms with Crippen LogP contribution in [-0.4, -0.2) is 29.7 Å². The van der Waals surface area contributed by atoms with E-state index < -0.39 is 0 Å². The second-order valence-electron chi connectivity index (χ2n) is 7.14. The second-order valence-corrected chi connectivity index (χ2v) is 7.14. The number of aromatic nitrogens is 6. The molecule has 3 aromatic heterocycles. The highest BCUT2D eigenvalue weighted by atomic mass is 15.2. The normalized spacial score (nSPS) is 11.1. The molecule has 8 nitrogen and oxygen atoms in total. The molecular formula is C23H22N8. The fourth-order valence-electron chi connectivity index (χ4n) is 3.66. The van der Waals surface area contributed by atoms with Crippen LogP contribution in [0.5, 0.6) is 0 Å². The van der Waals surface area contributed by atoms with E-state index in [4.69, 9.17) is 15.7 Å². The van der Waals surface area contributed by atoms with Gasteiger partial charge in [-0.05, 0) is 18.1 Å². The first-order chi connectivity index (χ1) is 15.2. The number of hydrogen-bond donors (Lipinski definition) is 3. The number of H-pyrrole nitrogens is 1. The van der Waals surface area contributed by atoms with Crippen LogP contribution < -0.4 is 11.1 Å². The molecule has 0 saturated carbocycles. The zero-order chi connectivity index (χ0) is 21.2. The number of nitrogens with zero attached hydrogens (tertiary/aromatic N) is 5. The van der Waals surface area contributed by atoms with Crippen LogP contribution in [0.2, 0.25) is 0 Å². The molecule has 8 heteroatoms. The molecule has 0 radical (unpaired) electrons. The molecule has 0 bridgehead atoms. The van der Waals surface area contributed by atoms with Crippen molar-refractivity contribution in [3.8, 4) is 22.6 Å². The minimum Gasteiger partial charge on any atom is -0.382 e. The van der Waals surface area contributed by atoms with Gasteiger partial charge in [-0.25, -0.2) is 4.98 Å². The van der Waals surface area contributed by atoms with E-state index in [-0.39, 0.29) is 0 Å². The zero-order valence-electron chi connectivity index (χ0n) is 17.1. The van der Waals surface area contributed by atoms with Gasteiger partial charge < -0.3 is 15.6 Å². The number of rotatable bonds is 6. The molecule has 2 aromatic carbocycles. The van der Waals surface area contributed by atoms with E-state index in [0.29, 0.717) is 41.8 Å². The van der Waals surface area contributed by atoms with Crippen LogP contribution >= 0.6 is 0 Å². The molecule has 5 rings (SSSR count). The quantitative estimate of drug-likeness (QED) is 0.389. The average molecular weight is 410 g/mol. The van der Waals surface area contributed by atoms with Crippen molar-refractivity contribution in [3.63, 3.8) is 0 Å². The number of imidazole rings is 1. The molecule has 0 spiro atoms. The van der Waals surface area contributed by atoms with E-state index in [2.05, 4.69) is 27.4 Å². The number of nitrogens with one attached hydrogen (secondary N) is 2. The van der Waals surface area contributed by atoms with Gasteiger partial charge in [0.2, 0.25) is 5.95 Å². The predicted molar refractivity (Wildman–Crippen MR) is 122 cm³/mol. The Hall–Kier alpha value is -4.20. The minimum atomic E-state index is 0.339. The van der Waals surface area contributed by atoms with E-state index in [1.54, 1.807) is 0 Å². The van der Waals surface area contributed by atoms with Gasteiger partial charge >= 0.3 is 0 Å². The van der Waals surface area contributed by atoms with Gasteiger partial charge in [-0.2, -0.15) is 15.1 Å². The van der Waals surface area contributed by atoms with Crippen molar-refractivity contribution in [2.24, 2.45) is 0 Å². The Labute approximate surface area is 179 Å². The molecule has 0 atom stereocenters. The van der Waals surface area contributed by atoms with Gasteiger partial charge in [0, 0.05) is 24.8 Å². The Morgan fingerprint density at radius 1 is 0.968 bits per heavy atom. The molecule has 4 N–H and O–H groups in total. The summed E-state index contributed by atoms with van der Waals surface area (Å²) in [5.74, 6) is 1.52. The number of anilines is 2. The monoisotopic (exact) mass is 410 g/mol. The third kappa shape index (κ3) is 3.48. The lowest BCUT2D eigenvalue weighted by Crippen LogP contribution is -2.07. The van der Waals surface area contributed by atoms with Crippen LogP contribution in [0.4, 0.5) is 11.8 Å². The third-order valence-electron chi connectivity index (χ3n) is 5.17. The molecule has 0 aliphatic carbocycles. The smallest absolute Gasteiger partial charge is 0.227 e. The van der Waals surface area contributed by atoms with Gasteiger partial charge in [-0.15, -0.1) is 0 Å². The SMILES string of the molecule is CCn1c(-c2n[nH]cc2-c2ccccc2)nc2c(N)nc(NCc3ccccc3)nc21. The summed E-state index contributed by atoms with van der Waals surface area (Å²) in [4.78, 5) is 13.9. The number of fused-ring (bicyclic) bond motifs is 1. The Balaban J connectivity index is 1.57. The summed E-state index contributed by atoms with van der Waals surface area (Å²) in [6.07, 6.45) is 1.88. The molecule has 154 valence electrons. The summed E-state index contributed by atoms with van der Waals surface area (Å²) in [7, 11) is 0. The summed E-state index contributed by atoms with van der Waals surface area (Å²) < 4.78 is 2.02. The highest BCUT2D eigenvalue weighted by molar-refractivity contribution is 5.88. The molecule has 3 heterocycles. The van der Waals surface area contributed by atoms with Crippen LogP contribution in [0, 0.1) is 0 Å². The molecule has 0 unspecified atom stereocenters. The van der Waals surface area contributed by atoms with Crippen LogP contribution in [-0.2, 0) is 13.1 Å². The maximum Gasteiger partial charge on any atom is 0.227 e.